The molecular weight excluding hydrogens is 234 g/mol. The summed E-state index contributed by atoms with van der Waals surface area (Å²) in [5.74, 6) is 0.551. The lowest BCUT2D eigenvalue weighted by molar-refractivity contribution is 0.142. The zero-order valence-electron chi connectivity index (χ0n) is 11.0. The number of aryl methyl sites for hydroxylation is 1. The molecule has 0 bridgehead atoms. The predicted molar refractivity (Wildman–Crippen MR) is 76.1 cm³/mol. The van der Waals surface area contributed by atoms with E-state index >= 15 is 0 Å². The molecule has 1 aromatic heterocycles. The normalized spacial score (nSPS) is 18.5. The number of hydrogen-bond donors (Lipinski definition) is 1. The van der Waals surface area contributed by atoms with Gasteiger partial charge >= 0.3 is 0 Å². The van der Waals surface area contributed by atoms with Crippen LogP contribution in [0.1, 0.15) is 35.6 Å². The number of pyridine rings is 1. The standard InChI is InChI=1S/C17H19NO/c19-16(9-8-15-6-3-4-10-18-15)12-14-11-13-5-1-2-7-17(13)14/h1-7,10,14,16,19H,8-9,11-12H2. The molecule has 0 amide bonds. The minimum atomic E-state index is -0.222. The van der Waals surface area contributed by atoms with Crippen LogP contribution in [0.3, 0.4) is 0 Å². The van der Waals surface area contributed by atoms with Crippen molar-refractivity contribution in [2.75, 3.05) is 0 Å². The van der Waals surface area contributed by atoms with E-state index in [2.05, 4.69) is 29.2 Å². The van der Waals surface area contributed by atoms with Crippen molar-refractivity contribution in [3.8, 4) is 0 Å². The van der Waals surface area contributed by atoms with Gasteiger partial charge < -0.3 is 5.11 Å². The Morgan fingerprint density at radius 1 is 1.16 bits per heavy atom. The molecule has 2 nitrogen and oxygen atoms in total. The molecule has 2 aromatic rings. The maximum atomic E-state index is 10.1. The van der Waals surface area contributed by atoms with Crippen LogP contribution in [0.4, 0.5) is 0 Å². The van der Waals surface area contributed by atoms with E-state index in [0.29, 0.717) is 5.92 Å². The first-order valence-corrected chi connectivity index (χ1v) is 6.98. The van der Waals surface area contributed by atoms with Crippen molar-refractivity contribution in [3.05, 3.63) is 65.5 Å². The van der Waals surface area contributed by atoms with E-state index in [0.717, 1.165) is 31.4 Å². The van der Waals surface area contributed by atoms with Crippen LogP contribution < -0.4 is 0 Å². The van der Waals surface area contributed by atoms with Gasteiger partial charge in [-0.1, -0.05) is 30.3 Å². The molecule has 0 fully saturated rings. The fourth-order valence-electron chi connectivity index (χ4n) is 2.88. The average Bonchev–Trinajstić information content (AvgIpc) is 2.44. The summed E-state index contributed by atoms with van der Waals surface area (Å²) in [5.41, 5.74) is 3.94. The predicted octanol–water partition coefficient (Wildman–Crippen LogP) is 3.11. The molecule has 19 heavy (non-hydrogen) atoms. The topological polar surface area (TPSA) is 33.1 Å². The molecule has 1 N–H and O–H groups in total. The fraction of sp³-hybridized carbons (Fsp3) is 0.353. The van der Waals surface area contributed by atoms with Gasteiger partial charge in [0.1, 0.15) is 0 Å². The lowest BCUT2D eigenvalue weighted by Gasteiger charge is -2.31. The monoisotopic (exact) mass is 253 g/mol. The summed E-state index contributed by atoms with van der Waals surface area (Å²) in [6.07, 6.45) is 5.25. The first kappa shape index (κ1) is 12.4. The molecule has 1 heterocycles. The van der Waals surface area contributed by atoms with E-state index in [9.17, 15) is 5.11 Å². The Morgan fingerprint density at radius 2 is 2.00 bits per heavy atom. The summed E-state index contributed by atoms with van der Waals surface area (Å²) >= 11 is 0. The van der Waals surface area contributed by atoms with Crippen molar-refractivity contribution in [3.63, 3.8) is 0 Å². The fourth-order valence-corrected chi connectivity index (χ4v) is 2.88. The summed E-state index contributed by atoms with van der Waals surface area (Å²) in [6, 6.07) is 14.5. The van der Waals surface area contributed by atoms with Crippen LogP contribution in [0.15, 0.2) is 48.7 Å². The summed E-state index contributed by atoms with van der Waals surface area (Å²) in [4.78, 5) is 4.29. The lowest BCUT2D eigenvalue weighted by atomic mass is 9.74. The number of fused-ring (bicyclic) bond motifs is 1. The van der Waals surface area contributed by atoms with Crippen molar-refractivity contribution >= 4 is 0 Å². The molecule has 2 atom stereocenters. The van der Waals surface area contributed by atoms with Crippen LogP contribution in [0.2, 0.25) is 0 Å². The molecule has 2 unspecified atom stereocenters. The van der Waals surface area contributed by atoms with E-state index in [4.69, 9.17) is 0 Å². The van der Waals surface area contributed by atoms with Crippen LogP contribution in [0, 0.1) is 0 Å². The SMILES string of the molecule is OC(CCc1ccccn1)CC1Cc2ccccc21. The molecule has 1 aliphatic rings. The van der Waals surface area contributed by atoms with Gasteiger partial charge in [0.15, 0.2) is 0 Å². The van der Waals surface area contributed by atoms with E-state index in [1.165, 1.54) is 11.1 Å². The summed E-state index contributed by atoms with van der Waals surface area (Å²) in [6.45, 7) is 0. The minimum absolute atomic E-state index is 0.222. The van der Waals surface area contributed by atoms with Crippen LogP contribution >= 0.6 is 0 Å². The number of aliphatic hydroxyl groups is 1. The molecule has 0 aliphatic heterocycles. The zero-order valence-corrected chi connectivity index (χ0v) is 11.0. The Kier molecular flexibility index (Phi) is 3.60. The third-order valence-electron chi connectivity index (χ3n) is 3.98. The second-order valence-corrected chi connectivity index (χ2v) is 5.35. The Morgan fingerprint density at radius 3 is 2.79 bits per heavy atom. The zero-order chi connectivity index (χ0) is 13.1. The molecule has 3 rings (SSSR count). The number of hydrogen-bond acceptors (Lipinski definition) is 2. The van der Waals surface area contributed by atoms with Gasteiger partial charge in [-0.15, -0.1) is 0 Å². The van der Waals surface area contributed by atoms with Crippen molar-refractivity contribution < 1.29 is 5.11 Å². The van der Waals surface area contributed by atoms with Gasteiger partial charge in [0.05, 0.1) is 6.10 Å². The van der Waals surface area contributed by atoms with E-state index in [1.807, 2.05) is 24.4 Å². The highest BCUT2D eigenvalue weighted by Crippen LogP contribution is 2.38. The average molecular weight is 253 g/mol. The quantitative estimate of drug-likeness (QED) is 0.888. The second kappa shape index (κ2) is 5.54. The number of nitrogens with zero attached hydrogens (tertiary/aromatic N) is 1. The molecule has 0 saturated heterocycles. The van der Waals surface area contributed by atoms with Crippen molar-refractivity contribution in [2.45, 2.75) is 37.7 Å². The van der Waals surface area contributed by atoms with Crippen LogP contribution in [-0.4, -0.2) is 16.2 Å². The molecule has 0 saturated carbocycles. The van der Waals surface area contributed by atoms with E-state index < -0.39 is 0 Å². The molecular formula is C17H19NO. The number of benzene rings is 1. The largest absolute Gasteiger partial charge is 0.393 e. The highest BCUT2D eigenvalue weighted by Gasteiger charge is 2.27. The molecule has 0 radical (unpaired) electrons. The van der Waals surface area contributed by atoms with Crippen LogP contribution in [0.25, 0.3) is 0 Å². The third kappa shape index (κ3) is 2.85. The van der Waals surface area contributed by atoms with Gasteiger partial charge in [-0.3, -0.25) is 4.98 Å². The maximum Gasteiger partial charge on any atom is 0.0550 e. The summed E-state index contributed by atoms with van der Waals surface area (Å²) < 4.78 is 0. The Labute approximate surface area is 114 Å². The molecule has 2 heteroatoms. The van der Waals surface area contributed by atoms with Crippen molar-refractivity contribution in [1.82, 2.24) is 4.98 Å². The highest BCUT2D eigenvalue weighted by molar-refractivity contribution is 5.39. The number of aliphatic hydroxyl groups excluding tert-OH is 1. The van der Waals surface area contributed by atoms with Gasteiger partial charge in [-0.05, 0) is 54.9 Å². The van der Waals surface area contributed by atoms with E-state index in [1.54, 1.807) is 0 Å². The van der Waals surface area contributed by atoms with Gasteiger partial charge in [-0.2, -0.15) is 0 Å². The van der Waals surface area contributed by atoms with E-state index in [-0.39, 0.29) is 6.10 Å². The van der Waals surface area contributed by atoms with Crippen LogP contribution in [-0.2, 0) is 12.8 Å². The summed E-state index contributed by atoms with van der Waals surface area (Å²) in [5, 5.41) is 10.1. The molecule has 0 spiro atoms. The number of aromatic nitrogens is 1. The van der Waals surface area contributed by atoms with Gasteiger partial charge in [-0.25, -0.2) is 0 Å². The second-order valence-electron chi connectivity index (χ2n) is 5.35. The van der Waals surface area contributed by atoms with Gasteiger partial charge in [0.25, 0.3) is 0 Å². The first-order chi connectivity index (χ1) is 9.33. The number of rotatable bonds is 5. The third-order valence-corrected chi connectivity index (χ3v) is 3.98. The minimum Gasteiger partial charge on any atom is -0.393 e. The first-order valence-electron chi connectivity index (χ1n) is 6.98. The van der Waals surface area contributed by atoms with Crippen molar-refractivity contribution in [1.29, 1.82) is 0 Å². The Hall–Kier alpha value is -1.67. The highest BCUT2D eigenvalue weighted by atomic mass is 16.3. The summed E-state index contributed by atoms with van der Waals surface area (Å²) in [7, 11) is 0. The maximum absolute atomic E-state index is 10.1. The van der Waals surface area contributed by atoms with Crippen molar-refractivity contribution in [2.24, 2.45) is 0 Å². The van der Waals surface area contributed by atoms with Gasteiger partial charge in [0, 0.05) is 11.9 Å². The van der Waals surface area contributed by atoms with Gasteiger partial charge in [0.2, 0.25) is 0 Å². The molecule has 1 aromatic carbocycles. The smallest absolute Gasteiger partial charge is 0.0550 e. The molecule has 98 valence electrons. The Balaban J connectivity index is 1.49. The lowest BCUT2D eigenvalue weighted by Crippen LogP contribution is -2.22. The van der Waals surface area contributed by atoms with Crippen LogP contribution in [0.5, 0.6) is 0 Å². The molecule has 1 aliphatic carbocycles. The Bertz CT molecular complexity index is 538.